The van der Waals surface area contributed by atoms with Crippen molar-refractivity contribution in [1.82, 2.24) is 14.5 Å². The maximum atomic E-state index is 13.9. The molecule has 0 aliphatic carbocycles. The SMILES string of the molecule is COc1cc(/C=C2/OCCN3C2=NOC3(CO)c2cc(F)cc(F)c2)ccc1-n1cnc(C)c1. The zero-order valence-electron chi connectivity index (χ0n) is 18.5. The maximum Gasteiger partial charge on any atom is 0.260 e. The van der Waals surface area contributed by atoms with E-state index in [0.717, 1.165) is 35.1 Å². The van der Waals surface area contributed by atoms with Crippen LogP contribution in [-0.4, -0.2) is 52.3 Å². The summed E-state index contributed by atoms with van der Waals surface area (Å²) in [6.07, 6.45) is 5.37. The quantitative estimate of drug-likeness (QED) is 0.619. The Hall–Kier alpha value is -3.92. The van der Waals surface area contributed by atoms with Crippen LogP contribution in [-0.2, 0) is 15.3 Å². The van der Waals surface area contributed by atoms with Crippen molar-refractivity contribution in [2.75, 3.05) is 26.9 Å². The number of aromatic nitrogens is 2. The van der Waals surface area contributed by atoms with Crippen LogP contribution >= 0.6 is 0 Å². The molecule has 1 aromatic heterocycles. The van der Waals surface area contributed by atoms with Crippen LogP contribution in [0.25, 0.3) is 11.8 Å². The highest BCUT2D eigenvalue weighted by molar-refractivity contribution is 6.01. The van der Waals surface area contributed by atoms with Crippen LogP contribution in [0.15, 0.2) is 59.8 Å². The fourth-order valence-corrected chi connectivity index (χ4v) is 4.17. The maximum absolute atomic E-state index is 13.9. The minimum atomic E-state index is -1.55. The van der Waals surface area contributed by atoms with Crippen LogP contribution in [0.2, 0.25) is 0 Å². The molecule has 0 saturated carbocycles. The van der Waals surface area contributed by atoms with Crippen LogP contribution in [0.1, 0.15) is 16.8 Å². The highest BCUT2D eigenvalue weighted by Crippen LogP contribution is 2.39. The van der Waals surface area contributed by atoms with Crippen molar-refractivity contribution >= 4 is 11.9 Å². The number of nitrogens with zero attached hydrogens (tertiary/aromatic N) is 4. The Balaban J connectivity index is 1.49. The van der Waals surface area contributed by atoms with Gasteiger partial charge < -0.3 is 28.9 Å². The summed E-state index contributed by atoms with van der Waals surface area (Å²) in [5.74, 6) is -0.206. The first kappa shape index (κ1) is 21.9. The molecule has 1 unspecified atom stereocenters. The number of methoxy groups -OCH3 is 1. The lowest BCUT2D eigenvalue weighted by Gasteiger charge is -2.38. The van der Waals surface area contributed by atoms with Crippen LogP contribution in [0.3, 0.4) is 0 Å². The van der Waals surface area contributed by atoms with E-state index in [0.29, 0.717) is 23.9 Å². The van der Waals surface area contributed by atoms with Crippen molar-refractivity contribution in [1.29, 1.82) is 0 Å². The van der Waals surface area contributed by atoms with E-state index in [1.807, 2.05) is 35.9 Å². The number of oxime groups is 1. The molecule has 2 aliphatic rings. The van der Waals surface area contributed by atoms with E-state index >= 15 is 0 Å². The molecule has 1 atom stereocenters. The predicted octanol–water partition coefficient (Wildman–Crippen LogP) is 3.33. The fourth-order valence-electron chi connectivity index (χ4n) is 4.17. The number of halogens is 2. The number of aliphatic hydroxyl groups excluding tert-OH is 1. The normalized spacial score (nSPS) is 20.6. The molecule has 1 saturated heterocycles. The smallest absolute Gasteiger partial charge is 0.260 e. The predicted molar refractivity (Wildman–Crippen MR) is 119 cm³/mol. The summed E-state index contributed by atoms with van der Waals surface area (Å²) >= 11 is 0. The number of amidine groups is 1. The molecule has 3 heterocycles. The van der Waals surface area contributed by atoms with Crippen molar-refractivity contribution in [2.24, 2.45) is 5.16 Å². The number of ether oxygens (including phenoxy) is 2. The lowest BCUT2D eigenvalue weighted by molar-refractivity contribution is -0.141. The summed E-state index contributed by atoms with van der Waals surface area (Å²) in [4.78, 5) is 11.5. The van der Waals surface area contributed by atoms with Gasteiger partial charge in [-0.15, -0.1) is 0 Å². The summed E-state index contributed by atoms with van der Waals surface area (Å²) in [5, 5.41) is 14.3. The lowest BCUT2D eigenvalue weighted by Crippen LogP contribution is -2.52. The van der Waals surface area contributed by atoms with Gasteiger partial charge >= 0.3 is 0 Å². The minimum absolute atomic E-state index is 0.120. The Labute approximate surface area is 194 Å². The third-order valence-corrected chi connectivity index (χ3v) is 5.79. The Morgan fingerprint density at radius 2 is 2.00 bits per heavy atom. The van der Waals surface area contributed by atoms with Gasteiger partial charge in [-0.2, -0.15) is 0 Å². The van der Waals surface area contributed by atoms with E-state index in [1.165, 1.54) is 0 Å². The molecule has 10 heteroatoms. The van der Waals surface area contributed by atoms with Gasteiger partial charge in [0.25, 0.3) is 5.72 Å². The highest BCUT2D eigenvalue weighted by Gasteiger charge is 2.50. The van der Waals surface area contributed by atoms with Crippen LogP contribution in [0.5, 0.6) is 5.75 Å². The number of benzene rings is 2. The molecule has 2 aliphatic heterocycles. The zero-order valence-corrected chi connectivity index (χ0v) is 18.5. The molecular weight excluding hydrogens is 446 g/mol. The van der Waals surface area contributed by atoms with Gasteiger partial charge in [0.2, 0.25) is 5.84 Å². The van der Waals surface area contributed by atoms with E-state index in [4.69, 9.17) is 14.3 Å². The molecular formula is C24H22F2N4O4. The summed E-state index contributed by atoms with van der Waals surface area (Å²) in [6.45, 7) is 1.90. The summed E-state index contributed by atoms with van der Waals surface area (Å²) in [7, 11) is 1.58. The van der Waals surface area contributed by atoms with Crippen molar-refractivity contribution in [3.63, 3.8) is 0 Å². The van der Waals surface area contributed by atoms with Crippen LogP contribution < -0.4 is 4.74 Å². The van der Waals surface area contributed by atoms with Crippen molar-refractivity contribution in [2.45, 2.75) is 12.6 Å². The minimum Gasteiger partial charge on any atom is -0.495 e. The van der Waals surface area contributed by atoms with Gasteiger partial charge in [0, 0.05) is 17.8 Å². The van der Waals surface area contributed by atoms with Gasteiger partial charge in [0.05, 0.1) is 31.4 Å². The average Bonchev–Trinajstić information content (AvgIpc) is 3.43. The Bertz CT molecular complexity index is 1290. The van der Waals surface area contributed by atoms with Crippen molar-refractivity contribution < 1.29 is 28.2 Å². The number of aliphatic hydroxyl groups is 1. The van der Waals surface area contributed by atoms with Gasteiger partial charge in [-0.1, -0.05) is 11.2 Å². The number of aryl methyl sites for hydroxylation is 1. The van der Waals surface area contributed by atoms with E-state index in [2.05, 4.69) is 10.1 Å². The second-order valence-electron chi connectivity index (χ2n) is 7.97. The molecule has 0 radical (unpaired) electrons. The van der Waals surface area contributed by atoms with Gasteiger partial charge in [0.1, 0.15) is 30.6 Å². The van der Waals surface area contributed by atoms with E-state index in [1.54, 1.807) is 24.4 Å². The molecule has 3 aromatic rings. The molecule has 0 spiro atoms. The summed E-state index contributed by atoms with van der Waals surface area (Å²) in [6, 6.07) is 8.64. The van der Waals surface area contributed by atoms with Gasteiger partial charge in [-0.25, -0.2) is 13.8 Å². The number of rotatable bonds is 5. The standard InChI is InChI=1S/C24H22F2N4O4/c1-15-12-29(14-27-15)20-4-3-16(7-21(20)32-2)8-22-23-28-34-24(13-31,30(23)5-6-33-22)17-9-18(25)11-19(26)10-17/h3-4,7-12,14,31H,5-6,13H2,1-2H3/b22-8+. The molecule has 2 aromatic carbocycles. The number of hydrogen-bond acceptors (Lipinski definition) is 7. The Morgan fingerprint density at radius 1 is 1.21 bits per heavy atom. The third-order valence-electron chi connectivity index (χ3n) is 5.79. The monoisotopic (exact) mass is 468 g/mol. The number of fused-ring (bicyclic) bond motifs is 1. The molecule has 8 nitrogen and oxygen atoms in total. The van der Waals surface area contributed by atoms with Gasteiger partial charge in [-0.3, -0.25) is 0 Å². The van der Waals surface area contributed by atoms with Crippen molar-refractivity contribution in [3.8, 4) is 11.4 Å². The zero-order chi connectivity index (χ0) is 23.9. The molecule has 1 fully saturated rings. The van der Waals surface area contributed by atoms with Gasteiger partial charge in [0.15, 0.2) is 5.76 Å². The summed E-state index contributed by atoms with van der Waals surface area (Å²) in [5.41, 5.74) is 1.05. The second-order valence-corrected chi connectivity index (χ2v) is 7.97. The van der Waals surface area contributed by atoms with Crippen LogP contribution in [0, 0.1) is 18.6 Å². The second kappa shape index (κ2) is 8.45. The number of morpholine rings is 1. The Morgan fingerprint density at radius 3 is 2.68 bits per heavy atom. The van der Waals surface area contributed by atoms with E-state index in [9.17, 15) is 13.9 Å². The number of hydrogen-bond donors (Lipinski definition) is 1. The van der Waals surface area contributed by atoms with Crippen LogP contribution in [0.4, 0.5) is 8.78 Å². The molecule has 1 N–H and O–H groups in total. The molecule has 34 heavy (non-hydrogen) atoms. The largest absolute Gasteiger partial charge is 0.495 e. The first-order valence-electron chi connectivity index (χ1n) is 10.6. The molecule has 176 valence electrons. The summed E-state index contributed by atoms with van der Waals surface area (Å²) < 4.78 is 41.1. The highest BCUT2D eigenvalue weighted by atomic mass is 19.1. The molecule has 5 rings (SSSR count). The topological polar surface area (TPSA) is 81.3 Å². The van der Waals surface area contributed by atoms with Crippen molar-refractivity contribution in [3.05, 3.63) is 83.1 Å². The van der Waals surface area contributed by atoms with Gasteiger partial charge in [-0.05, 0) is 42.8 Å². The third kappa shape index (κ3) is 3.65. The lowest BCUT2D eigenvalue weighted by atomic mass is 10.00. The number of imidazole rings is 1. The first-order chi connectivity index (χ1) is 16.4. The van der Waals surface area contributed by atoms with E-state index in [-0.39, 0.29) is 12.2 Å². The molecule has 0 amide bonds. The fraction of sp³-hybridized carbons (Fsp3) is 0.250. The van der Waals surface area contributed by atoms with E-state index < -0.39 is 24.0 Å². The Kier molecular flexibility index (Phi) is 5.45. The average molecular weight is 468 g/mol. The molecule has 0 bridgehead atoms. The first-order valence-corrected chi connectivity index (χ1v) is 10.6.